The predicted molar refractivity (Wildman–Crippen MR) is 80.6 cm³/mol. The molecule has 1 saturated heterocycles. The molecule has 114 valence electrons. The molecular formula is C16H28N2O2. The fourth-order valence-electron chi connectivity index (χ4n) is 3.11. The molecular weight excluding hydrogens is 252 g/mol. The van der Waals surface area contributed by atoms with Gasteiger partial charge in [-0.2, -0.15) is 0 Å². The van der Waals surface area contributed by atoms with Crippen LogP contribution in [0.4, 0.5) is 0 Å². The summed E-state index contributed by atoms with van der Waals surface area (Å²) in [4.78, 5) is 14.3. The summed E-state index contributed by atoms with van der Waals surface area (Å²) >= 11 is 0. The first-order valence-corrected chi connectivity index (χ1v) is 7.95. The van der Waals surface area contributed by atoms with Crippen LogP contribution in [0, 0.1) is 5.92 Å². The number of unbranched alkanes of at least 4 members (excludes halogenated alkanes) is 1. The van der Waals surface area contributed by atoms with E-state index < -0.39 is 0 Å². The normalized spacial score (nSPS) is 27.9. The number of nitrogens with zero attached hydrogens (tertiary/aromatic N) is 1. The van der Waals surface area contributed by atoms with E-state index in [2.05, 4.69) is 36.2 Å². The van der Waals surface area contributed by atoms with Gasteiger partial charge in [0.05, 0.1) is 12.2 Å². The van der Waals surface area contributed by atoms with Crippen molar-refractivity contribution in [1.82, 2.24) is 10.2 Å². The molecule has 1 aliphatic carbocycles. The number of hydrogen-bond acceptors (Lipinski definition) is 3. The predicted octanol–water partition coefficient (Wildman–Crippen LogP) is 1.96. The van der Waals surface area contributed by atoms with Gasteiger partial charge in [-0.1, -0.05) is 12.2 Å². The van der Waals surface area contributed by atoms with Crippen molar-refractivity contribution in [1.29, 1.82) is 0 Å². The third-order valence-corrected chi connectivity index (χ3v) is 4.07. The lowest BCUT2D eigenvalue weighted by Gasteiger charge is -2.35. The second kappa shape index (κ2) is 7.79. The van der Waals surface area contributed by atoms with E-state index in [0.29, 0.717) is 12.2 Å². The SMILES string of the molecule is CC1CN(CCCCNC(=O)C2CC=CC2)CC(C)O1. The number of hydrogen-bond donors (Lipinski definition) is 1. The number of amides is 1. The quantitative estimate of drug-likeness (QED) is 0.597. The molecule has 0 bridgehead atoms. The van der Waals surface area contributed by atoms with Crippen LogP contribution in [-0.4, -0.2) is 49.2 Å². The van der Waals surface area contributed by atoms with E-state index in [-0.39, 0.29) is 11.8 Å². The van der Waals surface area contributed by atoms with Crippen molar-refractivity contribution in [2.45, 2.75) is 51.7 Å². The Kier molecular flexibility index (Phi) is 6.05. The lowest BCUT2D eigenvalue weighted by molar-refractivity contribution is -0.124. The summed E-state index contributed by atoms with van der Waals surface area (Å²) in [6.45, 7) is 8.26. The highest BCUT2D eigenvalue weighted by Gasteiger charge is 2.21. The van der Waals surface area contributed by atoms with Crippen molar-refractivity contribution in [3.8, 4) is 0 Å². The van der Waals surface area contributed by atoms with E-state index in [1.165, 1.54) is 0 Å². The molecule has 2 aliphatic rings. The maximum absolute atomic E-state index is 11.8. The van der Waals surface area contributed by atoms with Gasteiger partial charge in [0.2, 0.25) is 5.91 Å². The van der Waals surface area contributed by atoms with Gasteiger partial charge in [-0.25, -0.2) is 0 Å². The summed E-state index contributed by atoms with van der Waals surface area (Å²) in [5, 5.41) is 3.06. The molecule has 0 aromatic rings. The zero-order chi connectivity index (χ0) is 14.4. The van der Waals surface area contributed by atoms with E-state index in [1.54, 1.807) is 0 Å². The molecule has 1 fully saturated rings. The molecule has 0 saturated carbocycles. The van der Waals surface area contributed by atoms with Crippen LogP contribution in [0.2, 0.25) is 0 Å². The number of allylic oxidation sites excluding steroid dienone is 2. The Labute approximate surface area is 122 Å². The van der Waals surface area contributed by atoms with Crippen LogP contribution in [-0.2, 0) is 9.53 Å². The second-order valence-corrected chi connectivity index (χ2v) is 6.15. The van der Waals surface area contributed by atoms with Crippen molar-refractivity contribution in [3.05, 3.63) is 12.2 Å². The molecule has 4 heteroatoms. The summed E-state index contributed by atoms with van der Waals surface area (Å²) in [5.41, 5.74) is 0. The fourth-order valence-corrected chi connectivity index (χ4v) is 3.11. The topological polar surface area (TPSA) is 41.6 Å². The first kappa shape index (κ1) is 15.5. The molecule has 1 amide bonds. The minimum atomic E-state index is 0.191. The Morgan fingerprint density at radius 2 is 1.85 bits per heavy atom. The minimum Gasteiger partial charge on any atom is -0.373 e. The van der Waals surface area contributed by atoms with Crippen LogP contribution in [0.3, 0.4) is 0 Å². The van der Waals surface area contributed by atoms with Crippen molar-refractivity contribution in [3.63, 3.8) is 0 Å². The number of morpholine rings is 1. The van der Waals surface area contributed by atoms with Gasteiger partial charge >= 0.3 is 0 Å². The molecule has 2 unspecified atom stereocenters. The van der Waals surface area contributed by atoms with Crippen LogP contribution < -0.4 is 5.32 Å². The fraction of sp³-hybridized carbons (Fsp3) is 0.812. The minimum absolute atomic E-state index is 0.191. The van der Waals surface area contributed by atoms with Gasteiger partial charge in [-0.05, 0) is 46.1 Å². The molecule has 2 rings (SSSR count). The maximum atomic E-state index is 11.8. The van der Waals surface area contributed by atoms with Crippen LogP contribution in [0.25, 0.3) is 0 Å². The highest BCUT2D eigenvalue weighted by molar-refractivity contribution is 5.79. The average molecular weight is 280 g/mol. The van der Waals surface area contributed by atoms with Crippen LogP contribution >= 0.6 is 0 Å². The molecule has 0 aromatic heterocycles. The highest BCUT2D eigenvalue weighted by Crippen LogP contribution is 2.17. The number of rotatable bonds is 6. The van der Waals surface area contributed by atoms with Crippen LogP contribution in [0.1, 0.15) is 39.5 Å². The van der Waals surface area contributed by atoms with Gasteiger partial charge in [0.25, 0.3) is 0 Å². The summed E-state index contributed by atoms with van der Waals surface area (Å²) in [5.74, 6) is 0.416. The third kappa shape index (κ3) is 4.91. The van der Waals surface area contributed by atoms with E-state index >= 15 is 0 Å². The van der Waals surface area contributed by atoms with Crippen molar-refractivity contribution >= 4 is 5.91 Å². The van der Waals surface area contributed by atoms with E-state index in [0.717, 1.165) is 51.9 Å². The summed E-state index contributed by atoms with van der Waals surface area (Å²) in [6, 6.07) is 0. The number of nitrogens with one attached hydrogen (secondary N) is 1. The van der Waals surface area contributed by atoms with Crippen molar-refractivity contribution in [2.24, 2.45) is 5.92 Å². The Morgan fingerprint density at radius 3 is 2.50 bits per heavy atom. The van der Waals surface area contributed by atoms with Gasteiger partial charge in [-0.15, -0.1) is 0 Å². The second-order valence-electron chi connectivity index (χ2n) is 6.15. The highest BCUT2D eigenvalue weighted by atomic mass is 16.5. The summed E-state index contributed by atoms with van der Waals surface area (Å²) in [6.07, 6.45) is 8.91. The Morgan fingerprint density at radius 1 is 1.20 bits per heavy atom. The average Bonchev–Trinajstić information content (AvgIpc) is 2.90. The van der Waals surface area contributed by atoms with Gasteiger partial charge < -0.3 is 10.1 Å². The molecule has 1 N–H and O–H groups in total. The van der Waals surface area contributed by atoms with Crippen LogP contribution in [0.15, 0.2) is 12.2 Å². The van der Waals surface area contributed by atoms with E-state index in [4.69, 9.17) is 4.74 Å². The van der Waals surface area contributed by atoms with Crippen LogP contribution in [0.5, 0.6) is 0 Å². The monoisotopic (exact) mass is 280 g/mol. The van der Waals surface area contributed by atoms with Crippen molar-refractivity contribution in [2.75, 3.05) is 26.2 Å². The third-order valence-electron chi connectivity index (χ3n) is 4.07. The summed E-state index contributed by atoms with van der Waals surface area (Å²) in [7, 11) is 0. The molecule has 0 aromatic carbocycles. The molecule has 1 aliphatic heterocycles. The zero-order valence-corrected chi connectivity index (χ0v) is 12.8. The molecule has 0 spiro atoms. The Bertz CT molecular complexity index is 325. The number of carbonyl (C=O) groups excluding carboxylic acids is 1. The van der Waals surface area contributed by atoms with Gasteiger partial charge in [0.15, 0.2) is 0 Å². The summed E-state index contributed by atoms with van der Waals surface area (Å²) < 4.78 is 5.73. The first-order valence-electron chi connectivity index (χ1n) is 7.95. The number of ether oxygens (including phenoxy) is 1. The maximum Gasteiger partial charge on any atom is 0.223 e. The van der Waals surface area contributed by atoms with Gasteiger partial charge in [-0.3, -0.25) is 9.69 Å². The smallest absolute Gasteiger partial charge is 0.223 e. The number of carbonyl (C=O) groups is 1. The lowest BCUT2D eigenvalue weighted by Crippen LogP contribution is -2.45. The van der Waals surface area contributed by atoms with E-state index in [1.807, 2.05) is 0 Å². The Balaban J connectivity index is 1.52. The van der Waals surface area contributed by atoms with E-state index in [9.17, 15) is 4.79 Å². The van der Waals surface area contributed by atoms with Gasteiger partial charge in [0.1, 0.15) is 0 Å². The Hall–Kier alpha value is -0.870. The lowest BCUT2D eigenvalue weighted by atomic mass is 10.1. The first-order chi connectivity index (χ1) is 9.65. The largest absolute Gasteiger partial charge is 0.373 e. The van der Waals surface area contributed by atoms with Gasteiger partial charge in [0, 0.05) is 25.6 Å². The zero-order valence-electron chi connectivity index (χ0n) is 12.8. The molecule has 20 heavy (non-hydrogen) atoms. The molecule has 0 radical (unpaired) electrons. The molecule has 2 atom stereocenters. The molecule has 1 heterocycles. The standard InChI is InChI=1S/C16H28N2O2/c1-13-11-18(12-14(2)20-13)10-6-5-9-17-16(19)15-7-3-4-8-15/h3-4,13-15H,5-12H2,1-2H3,(H,17,19). The molecule has 4 nitrogen and oxygen atoms in total. The van der Waals surface area contributed by atoms with Crippen molar-refractivity contribution < 1.29 is 9.53 Å².